The van der Waals surface area contributed by atoms with Crippen LogP contribution in [0, 0.1) is 40.4 Å². The maximum atomic E-state index is 13.4. The number of carbonyl (C=O) groups excluding carboxylic acids is 1. The normalized spacial score (nSPS) is 53.7. The second-order valence-electron chi connectivity index (χ2n) is 10.0. The molecule has 25 heavy (non-hydrogen) atoms. The van der Waals surface area contributed by atoms with E-state index < -0.39 is 6.10 Å². The van der Waals surface area contributed by atoms with Gasteiger partial charge in [0.05, 0.1) is 18.8 Å². The first kappa shape index (κ1) is 17.9. The minimum absolute atomic E-state index is 0.0473. The highest BCUT2D eigenvalue weighted by Gasteiger charge is 2.63. The average molecular weight is 350 g/mol. The van der Waals surface area contributed by atoms with Crippen LogP contribution in [0.4, 0.5) is 0 Å². The first-order valence-corrected chi connectivity index (χ1v) is 10.3. The number of aliphatic hydroxyl groups excluding tert-OH is 3. The molecule has 3 N–H and O–H groups in total. The molecule has 142 valence electrons. The third-order valence-corrected chi connectivity index (χ3v) is 9.05. The summed E-state index contributed by atoms with van der Waals surface area (Å²) in [6.45, 7) is 4.31. The number of hydrogen-bond acceptors (Lipinski definition) is 4. The van der Waals surface area contributed by atoms with Crippen molar-refractivity contribution in [3.63, 3.8) is 0 Å². The minimum atomic E-state index is -0.698. The second kappa shape index (κ2) is 6.03. The van der Waals surface area contributed by atoms with Crippen LogP contribution in [-0.2, 0) is 4.79 Å². The van der Waals surface area contributed by atoms with Crippen LogP contribution in [0.1, 0.15) is 65.2 Å². The Labute approximate surface area is 151 Å². The Morgan fingerprint density at radius 1 is 1.12 bits per heavy atom. The molecule has 4 aliphatic carbocycles. The first-order chi connectivity index (χ1) is 11.8. The fourth-order valence-corrected chi connectivity index (χ4v) is 7.85. The van der Waals surface area contributed by atoms with Crippen molar-refractivity contribution >= 4 is 5.78 Å². The number of fused-ring (bicyclic) bond motifs is 5. The van der Waals surface area contributed by atoms with E-state index in [0.717, 1.165) is 44.9 Å². The number of Topliss-reactive ketones (excluding diaryl/α,β-unsaturated/α-hetero) is 1. The van der Waals surface area contributed by atoms with Crippen LogP contribution >= 0.6 is 0 Å². The molecule has 0 aliphatic heterocycles. The van der Waals surface area contributed by atoms with E-state index in [2.05, 4.69) is 13.8 Å². The summed E-state index contributed by atoms with van der Waals surface area (Å²) in [5, 5.41) is 29.9. The Hall–Kier alpha value is -0.450. The molecular weight excluding hydrogens is 316 g/mol. The summed E-state index contributed by atoms with van der Waals surface area (Å²) >= 11 is 0. The lowest BCUT2D eigenvalue weighted by atomic mass is 9.44. The molecule has 0 heterocycles. The second-order valence-corrected chi connectivity index (χ2v) is 10.0. The molecule has 0 amide bonds. The van der Waals surface area contributed by atoms with Gasteiger partial charge in [0.15, 0.2) is 0 Å². The summed E-state index contributed by atoms with van der Waals surface area (Å²) in [4.78, 5) is 13.4. The van der Waals surface area contributed by atoms with E-state index in [0.29, 0.717) is 30.0 Å². The van der Waals surface area contributed by atoms with Gasteiger partial charge in [-0.15, -0.1) is 0 Å². The summed E-state index contributed by atoms with van der Waals surface area (Å²) in [6, 6.07) is 0. The standard InChI is InChI=1S/C21H34O4/c1-20-8-7-13(23)9-12(20)3-4-14-15-5-6-16(18(25)11-22)21(15,2)10-17(24)19(14)20/h12-16,18-19,22-23,25H,3-11H2,1-2H3/t12-,13-,14+,15+,16+,18-,19-,20+,21+/m1/s1. The van der Waals surface area contributed by atoms with Crippen molar-refractivity contribution in [2.45, 2.75) is 77.4 Å². The van der Waals surface area contributed by atoms with Gasteiger partial charge < -0.3 is 15.3 Å². The number of rotatable bonds is 2. The van der Waals surface area contributed by atoms with Gasteiger partial charge in [-0.05, 0) is 79.4 Å². The smallest absolute Gasteiger partial charge is 0.137 e. The van der Waals surface area contributed by atoms with Crippen molar-refractivity contribution in [2.24, 2.45) is 40.4 Å². The van der Waals surface area contributed by atoms with Gasteiger partial charge in [0.1, 0.15) is 5.78 Å². The Morgan fingerprint density at radius 2 is 1.88 bits per heavy atom. The lowest BCUT2D eigenvalue weighted by Gasteiger charge is -2.60. The summed E-state index contributed by atoms with van der Waals surface area (Å²) in [5.41, 5.74) is -0.105. The molecule has 0 bridgehead atoms. The molecular formula is C21H34O4. The van der Waals surface area contributed by atoms with E-state index in [-0.39, 0.29) is 35.4 Å². The van der Waals surface area contributed by atoms with Gasteiger partial charge in [-0.3, -0.25) is 4.79 Å². The van der Waals surface area contributed by atoms with Crippen molar-refractivity contribution in [3.05, 3.63) is 0 Å². The largest absolute Gasteiger partial charge is 0.394 e. The highest BCUT2D eigenvalue weighted by atomic mass is 16.3. The molecule has 0 unspecified atom stereocenters. The maximum Gasteiger partial charge on any atom is 0.137 e. The van der Waals surface area contributed by atoms with Crippen LogP contribution in [0.3, 0.4) is 0 Å². The van der Waals surface area contributed by atoms with Crippen molar-refractivity contribution in [1.29, 1.82) is 0 Å². The fourth-order valence-electron chi connectivity index (χ4n) is 7.85. The van der Waals surface area contributed by atoms with Gasteiger partial charge in [0, 0.05) is 12.3 Å². The molecule has 0 aromatic heterocycles. The van der Waals surface area contributed by atoms with Gasteiger partial charge in [-0.2, -0.15) is 0 Å². The molecule has 9 atom stereocenters. The van der Waals surface area contributed by atoms with Crippen LogP contribution in [0.25, 0.3) is 0 Å². The zero-order valence-electron chi connectivity index (χ0n) is 15.7. The van der Waals surface area contributed by atoms with Crippen LogP contribution < -0.4 is 0 Å². The third kappa shape index (κ3) is 2.47. The molecule has 0 spiro atoms. The van der Waals surface area contributed by atoms with Crippen LogP contribution in [0.5, 0.6) is 0 Å². The van der Waals surface area contributed by atoms with Crippen LogP contribution in [-0.4, -0.2) is 39.9 Å². The Balaban J connectivity index is 1.65. The van der Waals surface area contributed by atoms with Crippen LogP contribution in [0.15, 0.2) is 0 Å². The number of hydrogen-bond donors (Lipinski definition) is 3. The summed E-state index contributed by atoms with van der Waals surface area (Å²) in [7, 11) is 0. The summed E-state index contributed by atoms with van der Waals surface area (Å²) in [5.74, 6) is 1.98. The van der Waals surface area contributed by atoms with Crippen molar-refractivity contribution < 1.29 is 20.1 Å². The van der Waals surface area contributed by atoms with Crippen LogP contribution in [0.2, 0.25) is 0 Å². The Bertz CT molecular complexity index is 548. The topological polar surface area (TPSA) is 77.8 Å². The Kier molecular flexibility index (Phi) is 4.33. The molecule has 4 heteroatoms. The van der Waals surface area contributed by atoms with Crippen molar-refractivity contribution in [2.75, 3.05) is 6.61 Å². The number of aliphatic hydroxyl groups is 3. The molecule has 4 aliphatic rings. The number of ketones is 1. The average Bonchev–Trinajstić information content (AvgIpc) is 2.91. The minimum Gasteiger partial charge on any atom is -0.394 e. The van der Waals surface area contributed by atoms with Crippen molar-refractivity contribution in [3.8, 4) is 0 Å². The fraction of sp³-hybridized carbons (Fsp3) is 0.952. The highest BCUT2D eigenvalue weighted by molar-refractivity contribution is 5.84. The lowest BCUT2D eigenvalue weighted by Crippen LogP contribution is -2.58. The predicted octanol–water partition coefficient (Wildman–Crippen LogP) is 2.54. The molecule has 4 nitrogen and oxygen atoms in total. The van der Waals surface area contributed by atoms with Gasteiger partial charge in [-0.25, -0.2) is 0 Å². The van der Waals surface area contributed by atoms with Gasteiger partial charge >= 0.3 is 0 Å². The predicted molar refractivity (Wildman–Crippen MR) is 94.7 cm³/mol. The van der Waals surface area contributed by atoms with Crippen molar-refractivity contribution in [1.82, 2.24) is 0 Å². The van der Waals surface area contributed by atoms with E-state index in [1.54, 1.807) is 0 Å². The van der Waals surface area contributed by atoms with E-state index in [4.69, 9.17) is 0 Å². The number of carbonyl (C=O) groups is 1. The molecule has 4 fully saturated rings. The first-order valence-electron chi connectivity index (χ1n) is 10.3. The van der Waals surface area contributed by atoms with Gasteiger partial charge in [-0.1, -0.05) is 13.8 Å². The van der Waals surface area contributed by atoms with E-state index in [1.165, 1.54) is 0 Å². The molecule has 0 aromatic rings. The van der Waals surface area contributed by atoms with E-state index >= 15 is 0 Å². The van der Waals surface area contributed by atoms with E-state index in [1.807, 2.05) is 0 Å². The molecule has 0 aromatic carbocycles. The summed E-state index contributed by atoms with van der Waals surface area (Å²) in [6.07, 6.45) is 6.56. The zero-order chi connectivity index (χ0) is 18.0. The molecule has 4 rings (SSSR count). The quantitative estimate of drug-likeness (QED) is 0.715. The molecule has 4 saturated carbocycles. The maximum absolute atomic E-state index is 13.4. The molecule has 0 radical (unpaired) electrons. The summed E-state index contributed by atoms with van der Waals surface area (Å²) < 4.78 is 0. The molecule has 0 saturated heterocycles. The lowest BCUT2D eigenvalue weighted by molar-refractivity contribution is -0.164. The van der Waals surface area contributed by atoms with E-state index in [9.17, 15) is 20.1 Å². The zero-order valence-corrected chi connectivity index (χ0v) is 15.7. The third-order valence-electron chi connectivity index (χ3n) is 9.05. The van der Waals surface area contributed by atoms with Gasteiger partial charge in [0.25, 0.3) is 0 Å². The monoisotopic (exact) mass is 350 g/mol. The SMILES string of the molecule is C[C@]12CC(=O)[C@H]3[C@@H](CC[C@@H]4C[C@H](O)CC[C@@]43C)[C@@H]1CC[C@H]2[C@H](O)CO. The van der Waals surface area contributed by atoms with Gasteiger partial charge in [0.2, 0.25) is 0 Å². The highest BCUT2D eigenvalue weighted by Crippen LogP contribution is 2.66. The Morgan fingerprint density at radius 3 is 2.60 bits per heavy atom.